The van der Waals surface area contributed by atoms with Gasteiger partial charge in [0.05, 0.1) is 40.9 Å². The molecule has 12 nitrogen and oxygen atoms in total. The van der Waals surface area contributed by atoms with Gasteiger partial charge in [-0.2, -0.15) is 0 Å². The zero-order valence-electron chi connectivity index (χ0n) is 19.3. The number of rotatable bonds is 8. The van der Waals surface area contributed by atoms with Crippen LogP contribution in [0.4, 0.5) is 30.7 Å². The second kappa shape index (κ2) is 11.1. The first-order valence-electron chi connectivity index (χ1n) is 11.1. The lowest BCUT2D eigenvalue weighted by Gasteiger charge is -2.36. The maximum atomic E-state index is 15.0. The lowest BCUT2D eigenvalue weighted by Crippen LogP contribution is -2.49. The number of aromatic nitrogens is 1. The lowest BCUT2D eigenvalue weighted by atomic mass is 10.2. The highest BCUT2D eigenvalue weighted by atomic mass is 32.1. The first kappa shape index (κ1) is 25.7. The lowest BCUT2D eigenvalue weighted by molar-refractivity contribution is -0.380. The van der Waals surface area contributed by atoms with E-state index in [0.29, 0.717) is 55.6 Å². The van der Waals surface area contributed by atoms with Crippen LogP contribution in [0.25, 0.3) is 0 Å². The van der Waals surface area contributed by atoms with Gasteiger partial charge < -0.3 is 20.3 Å². The van der Waals surface area contributed by atoms with E-state index in [1.807, 2.05) is 9.80 Å². The van der Waals surface area contributed by atoms with E-state index < -0.39 is 16.8 Å². The van der Waals surface area contributed by atoms with E-state index in [1.165, 1.54) is 11.0 Å². The minimum Gasteiger partial charge on any atom is -0.442 e. The Kier molecular flexibility index (Phi) is 7.91. The summed E-state index contributed by atoms with van der Waals surface area (Å²) in [6.45, 7) is 4.58. The zero-order chi connectivity index (χ0) is 25.8. The molecule has 0 bridgehead atoms. The highest BCUT2D eigenvalue weighted by Crippen LogP contribution is 2.29. The number of piperazine rings is 1. The fourth-order valence-electron chi connectivity index (χ4n) is 3.93. The number of amides is 2. The van der Waals surface area contributed by atoms with Gasteiger partial charge in [-0.1, -0.05) is 12.2 Å². The molecule has 3 heterocycles. The predicted molar refractivity (Wildman–Crippen MR) is 136 cm³/mol. The summed E-state index contributed by atoms with van der Waals surface area (Å²) >= 11 is 5.77. The third kappa shape index (κ3) is 6.22. The van der Waals surface area contributed by atoms with Gasteiger partial charge in [0, 0.05) is 26.2 Å². The molecular formula is C21H24FN7O5S2. The Bertz CT molecular complexity index is 1170. The van der Waals surface area contributed by atoms with Crippen molar-refractivity contribution < 1.29 is 23.6 Å². The second-order valence-electron chi connectivity index (χ2n) is 8.26. The number of nitrogens with zero attached hydrogens (tertiary/aromatic N) is 5. The topological polar surface area (TPSA) is 133 Å². The van der Waals surface area contributed by atoms with Gasteiger partial charge in [0.25, 0.3) is 0 Å². The van der Waals surface area contributed by atoms with Gasteiger partial charge in [-0.3, -0.25) is 24.7 Å². The van der Waals surface area contributed by atoms with E-state index in [9.17, 15) is 24.1 Å². The normalized spacial score (nSPS) is 18.2. The van der Waals surface area contributed by atoms with Crippen LogP contribution in [-0.2, 0) is 9.53 Å². The van der Waals surface area contributed by atoms with E-state index >= 15 is 0 Å². The molecule has 0 radical (unpaired) electrons. The van der Waals surface area contributed by atoms with E-state index in [-0.39, 0.29) is 28.7 Å². The number of nitro groups is 1. The van der Waals surface area contributed by atoms with Crippen LogP contribution in [0.5, 0.6) is 0 Å². The quantitative estimate of drug-likeness (QED) is 0.293. The third-order valence-corrected chi connectivity index (χ3v) is 6.70. The molecule has 0 spiro atoms. The molecule has 2 aliphatic heterocycles. The van der Waals surface area contributed by atoms with Crippen LogP contribution in [0, 0.1) is 15.9 Å². The molecule has 2 N–H and O–H groups in total. The summed E-state index contributed by atoms with van der Waals surface area (Å²) in [5, 5.41) is 16.3. The summed E-state index contributed by atoms with van der Waals surface area (Å²) in [4.78, 5) is 44.3. The predicted octanol–water partition coefficient (Wildman–Crippen LogP) is 2.21. The number of nitrogens with one attached hydrogen (secondary N) is 2. The zero-order valence-corrected chi connectivity index (χ0v) is 20.9. The molecule has 1 aromatic carbocycles. The van der Waals surface area contributed by atoms with Crippen LogP contribution in [-0.4, -0.2) is 83.7 Å². The molecule has 2 amide bonds. The Morgan fingerprint density at radius 3 is 2.75 bits per heavy atom. The number of benzene rings is 1. The van der Waals surface area contributed by atoms with Crippen LogP contribution in [0.15, 0.2) is 24.4 Å². The molecule has 192 valence electrons. The van der Waals surface area contributed by atoms with E-state index in [4.69, 9.17) is 17.0 Å². The molecule has 0 aliphatic carbocycles. The monoisotopic (exact) mass is 537 g/mol. The molecule has 4 rings (SSSR count). The van der Waals surface area contributed by atoms with Gasteiger partial charge in [0.1, 0.15) is 18.1 Å². The molecule has 15 heteroatoms. The Labute approximate surface area is 215 Å². The first-order chi connectivity index (χ1) is 17.2. The molecular weight excluding hydrogens is 513 g/mol. The number of hydrogen-bond acceptors (Lipinski definition) is 10. The number of thiazole rings is 1. The van der Waals surface area contributed by atoms with E-state index in [0.717, 1.165) is 17.5 Å². The van der Waals surface area contributed by atoms with Gasteiger partial charge in [0.2, 0.25) is 5.91 Å². The standard InChI is InChI=1S/C21H24FN7O5S2/c1-13(35)23-9-15-11-28(21(31)34-15)14-2-3-17(16(22)8-14)27-6-4-26(5-7-27)12-18(30)25-20-24-10-19(36-20)29(32)33/h2-3,8,10,15H,4-7,9,11-12H2,1H3,(H,23,35)(H,24,25,30)/t15-/m0/s1. The molecule has 36 heavy (non-hydrogen) atoms. The van der Waals surface area contributed by atoms with Crippen molar-refractivity contribution in [3.63, 3.8) is 0 Å². The van der Waals surface area contributed by atoms with Crippen molar-refractivity contribution in [1.29, 1.82) is 0 Å². The number of ether oxygens (including phenoxy) is 1. The summed E-state index contributed by atoms with van der Waals surface area (Å²) in [7, 11) is 0. The van der Waals surface area contributed by atoms with Crippen LogP contribution in [0.3, 0.4) is 0 Å². The highest BCUT2D eigenvalue weighted by molar-refractivity contribution is 7.80. The fraction of sp³-hybridized carbons (Fsp3) is 0.429. The number of thiocarbonyl (C=S) groups is 1. The molecule has 2 aliphatic rings. The van der Waals surface area contributed by atoms with Gasteiger partial charge in [-0.05, 0) is 36.5 Å². The first-order valence-corrected chi connectivity index (χ1v) is 12.3. The number of carbonyl (C=O) groups is 2. The van der Waals surface area contributed by atoms with Gasteiger partial charge in [0.15, 0.2) is 5.13 Å². The van der Waals surface area contributed by atoms with E-state index in [2.05, 4.69) is 15.6 Å². The van der Waals surface area contributed by atoms with Crippen LogP contribution >= 0.6 is 23.6 Å². The van der Waals surface area contributed by atoms with Crippen molar-refractivity contribution in [3.05, 3.63) is 40.3 Å². The van der Waals surface area contributed by atoms with Gasteiger partial charge in [-0.25, -0.2) is 14.2 Å². The average molecular weight is 538 g/mol. The van der Waals surface area contributed by atoms with Gasteiger partial charge in [-0.15, -0.1) is 0 Å². The third-order valence-electron chi connectivity index (χ3n) is 5.70. The van der Waals surface area contributed by atoms with Crippen LogP contribution < -0.4 is 20.4 Å². The number of halogens is 1. The Morgan fingerprint density at radius 1 is 1.36 bits per heavy atom. The summed E-state index contributed by atoms with van der Waals surface area (Å²) in [6, 6.07) is 4.65. The highest BCUT2D eigenvalue weighted by Gasteiger charge is 2.33. The SMILES string of the molecule is CC(=S)NC[C@H]1CN(c2ccc(N3CCN(CC(=O)Nc4ncc([N+](=O)[O-])s4)CC3)c(F)c2)C(=O)O1. The molecule has 1 atom stereocenters. The molecule has 2 fully saturated rings. The average Bonchev–Trinajstić information content (AvgIpc) is 3.45. The van der Waals surface area contributed by atoms with Crippen LogP contribution in [0.1, 0.15) is 6.92 Å². The second-order valence-corrected chi connectivity index (χ2v) is 9.88. The molecule has 0 saturated carbocycles. The summed E-state index contributed by atoms with van der Waals surface area (Å²) in [6.07, 6.45) is 0.188. The largest absolute Gasteiger partial charge is 0.442 e. The van der Waals surface area contributed by atoms with E-state index in [1.54, 1.807) is 19.1 Å². The molecule has 2 saturated heterocycles. The summed E-state index contributed by atoms with van der Waals surface area (Å²) < 4.78 is 20.3. The van der Waals surface area contributed by atoms with Crippen molar-refractivity contribution in [2.75, 3.05) is 60.9 Å². The number of carbonyl (C=O) groups excluding carboxylic acids is 2. The number of cyclic esters (lactones) is 1. The van der Waals surface area contributed by atoms with Crippen LogP contribution in [0.2, 0.25) is 0 Å². The van der Waals surface area contributed by atoms with Crippen molar-refractivity contribution >= 4 is 62.1 Å². The Hall–Kier alpha value is -3.43. The van der Waals surface area contributed by atoms with Crippen molar-refractivity contribution in [1.82, 2.24) is 15.2 Å². The summed E-state index contributed by atoms with van der Waals surface area (Å²) in [5.74, 6) is -0.775. The minimum absolute atomic E-state index is 0.0957. The maximum Gasteiger partial charge on any atom is 0.414 e. The molecule has 1 aromatic heterocycles. The fourth-order valence-corrected chi connectivity index (χ4v) is 4.66. The smallest absolute Gasteiger partial charge is 0.414 e. The number of anilines is 3. The van der Waals surface area contributed by atoms with Crippen molar-refractivity contribution in [3.8, 4) is 0 Å². The Balaban J connectivity index is 1.28. The molecule has 0 unspecified atom stereocenters. The van der Waals surface area contributed by atoms with Gasteiger partial charge >= 0.3 is 11.1 Å². The Morgan fingerprint density at radius 2 is 2.11 bits per heavy atom. The molecule has 2 aromatic rings. The summed E-state index contributed by atoms with van der Waals surface area (Å²) in [5.41, 5.74) is 0.834. The number of hydrogen-bond donors (Lipinski definition) is 2. The van der Waals surface area contributed by atoms with Crippen molar-refractivity contribution in [2.24, 2.45) is 0 Å². The van der Waals surface area contributed by atoms with Crippen molar-refractivity contribution in [2.45, 2.75) is 13.0 Å². The maximum absolute atomic E-state index is 15.0. The minimum atomic E-state index is -0.563.